The first-order valence-electron chi connectivity index (χ1n) is 8.68. The van der Waals surface area contributed by atoms with Crippen molar-refractivity contribution in [3.8, 4) is 5.75 Å². The van der Waals surface area contributed by atoms with Gasteiger partial charge < -0.3 is 9.30 Å². The molecule has 26 heavy (non-hydrogen) atoms. The quantitative estimate of drug-likeness (QED) is 0.547. The summed E-state index contributed by atoms with van der Waals surface area (Å²) in [7, 11) is 1.59. The Morgan fingerprint density at radius 2 is 1.92 bits per heavy atom. The Morgan fingerprint density at radius 1 is 1.15 bits per heavy atom. The molecule has 136 valence electrons. The summed E-state index contributed by atoms with van der Waals surface area (Å²) in [6.45, 7) is 2.86. The number of methoxy groups -OCH3 is 1. The van der Waals surface area contributed by atoms with Crippen LogP contribution in [-0.2, 0) is 13.0 Å². The number of halogens is 2. The molecule has 0 aliphatic heterocycles. The maximum atomic E-state index is 13.9. The predicted molar refractivity (Wildman–Crippen MR) is 97.8 cm³/mol. The van der Waals surface area contributed by atoms with E-state index in [0.717, 1.165) is 36.4 Å². The molecule has 3 rings (SSSR count). The highest BCUT2D eigenvalue weighted by molar-refractivity contribution is 6.10. The second-order valence-electron chi connectivity index (χ2n) is 6.26. The number of unbranched alkanes of at least 4 members (excludes halogenated alkanes) is 1. The van der Waals surface area contributed by atoms with Crippen LogP contribution in [-0.4, -0.2) is 17.5 Å². The van der Waals surface area contributed by atoms with Crippen LogP contribution in [0.1, 0.15) is 35.7 Å². The maximum Gasteiger partial charge on any atom is 0.169 e. The molecule has 0 unspecified atom stereocenters. The lowest BCUT2D eigenvalue weighted by molar-refractivity contribution is 0.0993. The number of benzene rings is 2. The summed E-state index contributed by atoms with van der Waals surface area (Å²) in [6, 6.07) is 9.43. The van der Waals surface area contributed by atoms with Gasteiger partial charge in [-0.1, -0.05) is 37.6 Å². The first kappa shape index (κ1) is 18.1. The first-order chi connectivity index (χ1) is 12.6. The summed E-state index contributed by atoms with van der Waals surface area (Å²) >= 11 is 0. The molecule has 0 saturated heterocycles. The molecule has 0 atom stereocenters. The number of hydrogen-bond acceptors (Lipinski definition) is 2. The van der Waals surface area contributed by atoms with Gasteiger partial charge in [-0.25, -0.2) is 8.78 Å². The molecule has 1 aromatic heterocycles. The molecular weight excluding hydrogens is 336 g/mol. The van der Waals surface area contributed by atoms with E-state index in [2.05, 4.69) is 6.92 Å². The van der Waals surface area contributed by atoms with E-state index in [9.17, 15) is 13.6 Å². The minimum absolute atomic E-state index is 0.0624. The molecule has 0 aliphatic carbocycles. The first-order valence-corrected chi connectivity index (χ1v) is 8.68. The topological polar surface area (TPSA) is 31.2 Å². The number of ketones is 1. The van der Waals surface area contributed by atoms with Crippen molar-refractivity contribution in [2.24, 2.45) is 0 Å². The number of aryl methyl sites for hydroxylation is 1. The van der Waals surface area contributed by atoms with Gasteiger partial charge in [-0.2, -0.15) is 0 Å². The Morgan fingerprint density at radius 3 is 2.65 bits per heavy atom. The minimum Gasteiger partial charge on any atom is -0.495 e. The smallest absolute Gasteiger partial charge is 0.169 e. The zero-order chi connectivity index (χ0) is 18.7. The van der Waals surface area contributed by atoms with E-state index < -0.39 is 11.6 Å². The average molecular weight is 357 g/mol. The van der Waals surface area contributed by atoms with Crippen LogP contribution in [0.25, 0.3) is 10.9 Å². The molecule has 1 heterocycles. The monoisotopic (exact) mass is 357 g/mol. The van der Waals surface area contributed by atoms with Crippen molar-refractivity contribution in [2.45, 2.75) is 32.7 Å². The molecule has 0 amide bonds. The van der Waals surface area contributed by atoms with E-state index in [4.69, 9.17) is 4.74 Å². The van der Waals surface area contributed by atoms with Crippen molar-refractivity contribution in [3.63, 3.8) is 0 Å². The molecule has 0 saturated carbocycles. The van der Waals surface area contributed by atoms with Gasteiger partial charge in [0, 0.05) is 30.1 Å². The Kier molecular flexibility index (Phi) is 5.35. The van der Waals surface area contributed by atoms with E-state index in [1.54, 1.807) is 13.3 Å². The normalized spacial score (nSPS) is 11.1. The van der Waals surface area contributed by atoms with Gasteiger partial charge >= 0.3 is 0 Å². The highest BCUT2D eigenvalue weighted by Crippen LogP contribution is 2.31. The SMILES string of the molecule is CCCCn1cc(C(=O)Cc2cccc(F)c2F)c2cccc(OC)c21. The van der Waals surface area contributed by atoms with Gasteiger partial charge in [0.05, 0.1) is 12.6 Å². The van der Waals surface area contributed by atoms with Crippen LogP contribution in [0.5, 0.6) is 5.75 Å². The Labute approximate surface area is 151 Å². The second kappa shape index (κ2) is 7.68. The van der Waals surface area contributed by atoms with Crippen molar-refractivity contribution in [3.05, 3.63) is 65.4 Å². The maximum absolute atomic E-state index is 13.9. The predicted octanol–water partition coefficient (Wildman–Crippen LogP) is 5.15. The van der Waals surface area contributed by atoms with E-state index in [-0.39, 0.29) is 17.8 Å². The molecule has 0 spiro atoms. The number of ether oxygens (including phenoxy) is 1. The van der Waals surface area contributed by atoms with Crippen molar-refractivity contribution in [1.29, 1.82) is 0 Å². The van der Waals surface area contributed by atoms with E-state index >= 15 is 0 Å². The fourth-order valence-corrected chi connectivity index (χ4v) is 3.17. The average Bonchev–Trinajstić information content (AvgIpc) is 3.02. The number of Topliss-reactive ketones (excluding diaryl/α,β-unsaturated/α-hetero) is 1. The van der Waals surface area contributed by atoms with E-state index in [0.29, 0.717) is 11.3 Å². The van der Waals surface area contributed by atoms with Gasteiger partial charge in [0.15, 0.2) is 17.4 Å². The third kappa shape index (κ3) is 3.34. The van der Waals surface area contributed by atoms with Crippen molar-refractivity contribution in [1.82, 2.24) is 4.57 Å². The van der Waals surface area contributed by atoms with Crippen LogP contribution >= 0.6 is 0 Å². The second-order valence-corrected chi connectivity index (χ2v) is 6.26. The molecule has 3 aromatic rings. The molecular formula is C21H21F2NO2. The van der Waals surface area contributed by atoms with Crippen LogP contribution in [0.3, 0.4) is 0 Å². The highest BCUT2D eigenvalue weighted by atomic mass is 19.2. The number of carbonyl (C=O) groups is 1. The summed E-state index contributed by atoms with van der Waals surface area (Å²) in [5, 5.41) is 0.766. The Bertz CT molecular complexity index is 947. The lowest BCUT2D eigenvalue weighted by Gasteiger charge is -2.08. The van der Waals surface area contributed by atoms with Crippen LogP contribution < -0.4 is 4.74 Å². The largest absolute Gasteiger partial charge is 0.495 e. The number of para-hydroxylation sites is 1. The van der Waals surface area contributed by atoms with Crippen LogP contribution in [0, 0.1) is 11.6 Å². The van der Waals surface area contributed by atoms with Gasteiger partial charge in [0.2, 0.25) is 0 Å². The Balaban J connectivity index is 2.04. The highest BCUT2D eigenvalue weighted by Gasteiger charge is 2.19. The summed E-state index contributed by atoms with van der Waals surface area (Å²) in [6.07, 6.45) is 3.59. The molecule has 2 aromatic carbocycles. The fraction of sp³-hybridized carbons (Fsp3) is 0.286. The molecule has 5 heteroatoms. The standard InChI is InChI=1S/C21H21F2NO2/c1-3-4-11-24-13-16(15-8-6-10-19(26-2)21(15)24)18(25)12-14-7-5-9-17(22)20(14)23/h5-10,13H,3-4,11-12H2,1-2H3. The molecule has 0 radical (unpaired) electrons. The lowest BCUT2D eigenvalue weighted by atomic mass is 10.0. The summed E-state index contributed by atoms with van der Waals surface area (Å²) < 4.78 is 34.8. The molecule has 3 nitrogen and oxygen atoms in total. The summed E-state index contributed by atoms with van der Waals surface area (Å²) in [5.41, 5.74) is 1.41. The van der Waals surface area contributed by atoms with Gasteiger partial charge in [0.1, 0.15) is 5.75 Å². The van der Waals surface area contributed by atoms with Gasteiger partial charge in [-0.05, 0) is 24.1 Å². The molecule has 0 aliphatic rings. The zero-order valence-corrected chi connectivity index (χ0v) is 14.9. The van der Waals surface area contributed by atoms with E-state index in [1.165, 1.54) is 12.1 Å². The lowest BCUT2D eigenvalue weighted by Crippen LogP contribution is -2.06. The molecule has 0 bridgehead atoms. The number of nitrogens with zero attached hydrogens (tertiary/aromatic N) is 1. The van der Waals surface area contributed by atoms with Gasteiger partial charge in [0.25, 0.3) is 0 Å². The zero-order valence-electron chi connectivity index (χ0n) is 14.9. The van der Waals surface area contributed by atoms with Crippen LogP contribution in [0.15, 0.2) is 42.6 Å². The number of hydrogen-bond donors (Lipinski definition) is 0. The van der Waals surface area contributed by atoms with Crippen molar-refractivity contribution in [2.75, 3.05) is 7.11 Å². The summed E-state index contributed by atoms with van der Waals surface area (Å²) in [4.78, 5) is 12.8. The number of rotatable bonds is 7. The fourth-order valence-electron chi connectivity index (χ4n) is 3.17. The minimum atomic E-state index is -0.965. The third-order valence-electron chi connectivity index (χ3n) is 4.52. The Hall–Kier alpha value is -2.69. The molecule has 0 N–H and O–H groups in total. The van der Waals surface area contributed by atoms with E-state index in [1.807, 2.05) is 22.8 Å². The third-order valence-corrected chi connectivity index (χ3v) is 4.52. The number of fused-ring (bicyclic) bond motifs is 1. The number of carbonyl (C=O) groups excluding carboxylic acids is 1. The number of aromatic nitrogens is 1. The summed E-state index contributed by atoms with van der Waals surface area (Å²) in [5.74, 6) is -1.46. The van der Waals surface area contributed by atoms with Gasteiger partial charge in [-0.3, -0.25) is 4.79 Å². The van der Waals surface area contributed by atoms with Crippen molar-refractivity contribution >= 4 is 16.7 Å². The van der Waals surface area contributed by atoms with Crippen LogP contribution in [0.4, 0.5) is 8.78 Å². The van der Waals surface area contributed by atoms with Crippen LogP contribution in [0.2, 0.25) is 0 Å². The van der Waals surface area contributed by atoms with Crippen molar-refractivity contribution < 1.29 is 18.3 Å². The van der Waals surface area contributed by atoms with Gasteiger partial charge in [-0.15, -0.1) is 0 Å². The molecule has 0 fully saturated rings.